The van der Waals surface area contributed by atoms with Crippen molar-refractivity contribution in [1.29, 1.82) is 0 Å². The Balaban J connectivity index is 1.52. The molecule has 1 atom stereocenters. The largest absolute Gasteiger partial charge is 0.478 e. The molecule has 3 aromatic carbocycles. The molecule has 1 saturated carbocycles. The second-order valence-corrected chi connectivity index (χ2v) is 7.47. The Labute approximate surface area is 178 Å². The van der Waals surface area contributed by atoms with Gasteiger partial charge in [0.05, 0.1) is 5.92 Å². The SMILES string of the molecule is OC([C]1[CH][CH][CH][C]1C1=N[C@@H](c2ccccc2)CO1)(c1ccccc1)c1ccccc1. The molecule has 0 saturated heterocycles. The van der Waals surface area contributed by atoms with Crippen molar-refractivity contribution in [2.45, 2.75) is 11.6 Å². The molecule has 1 aliphatic heterocycles. The van der Waals surface area contributed by atoms with Gasteiger partial charge in [-0.3, -0.25) is 0 Å². The van der Waals surface area contributed by atoms with Gasteiger partial charge < -0.3 is 9.84 Å². The summed E-state index contributed by atoms with van der Waals surface area (Å²) in [7, 11) is 0. The van der Waals surface area contributed by atoms with Gasteiger partial charge in [-0.05, 0) is 36.0 Å². The fourth-order valence-corrected chi connectivity index (χ4v) is 4.13. The van der Waals surface area contributed by atoms with Crippen molar-refractivity contribution in [1.82, 2.24) is 0 Å². The first-order valence-corrected chi connectivity index (χ1v) is 10.1. The number of hydrogen-bond acceptors (Lipinski definition) is 3. The van der Waals surface area contributed by atoms with Crippen LogP contribution >= 0.6 is 0 Å². The van der Waals surface area contributed by atoms with Crippen LogP contribution in [-0.2, 0) is 10.3 Å². The second kappa shape index (κ2) is 8.08. The molecular weight excluding hydrogens is 370 g/mol. The second-order valence-electron chi connectivity index (χ2n) is 7.47. The summed E-state index contributed by atoms with van der Waals surface area (Å²) in [4.78, 5) is 4.85. The molecule has 30 heavy (non-hydrogen) atoms. The van der Waals surface area contributed by atoms with Gasteiger partial charge in [-0.2, -0.15) is 0 Å². The highest BCUT2D eigenvalue weighted by atomic mass is 16.5. The highest BCUT2D eigenvalue weighted by molar-refractivity contribution is 5.99. The Bertz CT molecular complexity index is 961. The van der Waals surface area contributed by atoms with Crippen molar-refractivity contribution in [3.63, 3.8) is 0 Å². The minimum absolute atomic E-state index is 0.0366. The number of nitrogens with zero attached hydrogens (tertiary/aromatic N) is 1. The van der Waals surface area contributed by atoms with E-state index in [9.17, 15) is 5.11 Å². The van der Waals surface area contributed by atoms with Gasteiger partial charge in [0.2, 0.25) is 0 Å². The van der Waals surface area contributed by atoms with Crippen LogP contribution in [0.15, 0.2) is 96.0 Å². The van der Waals surface area contributed by atoms with E-state index < -0.39 is 5.60 Å². The van der Waals surface area contributed by atoms with Crippen LogP contribution in [0.1, 0.15) is 22.7 Å². The quantitative estimate of drug-likeness (QED) is 0.673. The zero-order chi connectivity index (χ0) is 20.4. The van der Waals surface area contributed by atoms with Crippen LogP contribution in [0.4, 0.5) is 0 Å². The van der Waals surface area contributed by atoms with Crippen LogP contribution in [-0.4, -0.2) is 17.6 Å². The molecule has 0 aromatic heterocycles. The molecule has 5 radical (unpaired) electrons. The van der Waals surface area contributed by atoms with Crippen LogP contribution in [0.3, 0.4) is 0 Å². The van der Waals surface area contributed by atoms with Gasteiger partial charge in [-0.1, -0.05) is 91.0 Å². The summed E-state index contributed by atoms with van der Waals surface area (Å²) in [5.74, 6) is 2.17. The predicted octanol–water partition coefficient (Wildman–Crippen LogP) is 4.87. The van der Waals surface area contributed by atoms with Crippen LogP contribution in [0, 0.1) is 31.1 Å². The summed E-state index contributed by atoms with van der Waals surface area (Å²) < 4.78 is 6.01. The number of ether oxygens (including phenoxy) is 1. The Morgan fingerprint density at radius 1 is 0.767 bits per heavy atom. The van der Waals surface area contributed by atoms with E-state index in [4.69, 9.17) is 9.73 Å². The molecule has 0 unspecified atom stereocenters. The molecule has 1 fully saturated rings. The molecule has 1 heterocycles. The molecule has 5 rings (SSSR count). The number of rotatable bonds is 5. The van der Waals surface area contributed by atoms with Gasteiger partial charge in [-0.25, -0.2) is 4.99 Å². The van der Waals surface area contributed by atoms with E-state index in [2.05, 4.69) is 12.1 Å². The van der Waals surface area contributed by atoms with Crippen LogP contribution in [0.2, 0.25) is 0 Å². The van der Waals surface area contributed by atoms with Crippen molar-refractivity contribution < 1.29 is 9.84 Å². The van der Waals surface area contributed by atoms with E-state index in [0.29, 0.717) is 12.5 Å². The van der Waals surface area contributed by atoms with Crippen molar-refractivity contribution in [3.05, 3.63) is 139 Å². The molecule has 0 bridgehead atoms. The summed E-state index contributed by atoms with van der Waals surface area (Å²) in [6, 6.07) is 29.6. The van der Waals surface area contributed by atoms with Gasteiger partial charge in [0, 0.05) is 5.92 Å². The van der Waals surface area contributed by atoms with E-state index in [1.165, 1.54) is 0 Å². The molecule has 3 heteroatoms. The Morgan fingerprint density at radius 3 is 1.93 bits per heavy atom. The maximum absolute atomic E-state index is 12.1. The fraction of sp³-hybridized carbons (Fsp3) is 0.111. The highest BCUT2D eigenvalue weighted by Crippen LogP contribution is 2.50. The zero-order valence-electron chi connectivity index (χ0n) is 16.5. The van der Waals surface area contributed by atoms with E-state index in [1.807, 2.05) is 98.1 Å². The summed E-state index contributed by atoms with van der Waals surface area (Å²) in [6.45, 7) is 0.499. The van der Waals surface area contributed by atoms with Gasteiger partial charge in [-0.15, -0.1) is 0 Å². The molecule has 0 amide bonds. The molecule has 147 valence electrons. The highest BCUT2D eigenvalue weighted by Gasteiger charge is 2.50. The summed E-state index contributed by atoms with van der Waals surface area (Å²) in [5.41, 5.74) is 1.43. The van der Waals surface area contributed by atoms with Gasteiger partial charge in [0.25, 0.3) is 0 Å². The molecule has 0 spiro atoms. The molecule has 1 aliphatic carbocycles. The molecule has 2 aliphatic rings. The van der Waals surface area contributed by atoms with Crippen molar-refractivity contribution in [3.8, 4) is 0 Å². The molecular formula is C27H22NO2. The zero-order valence-corrected chi connectivity index (χ0v) is 16.5. The monoisotopic (exact) mass is 392 g/mol. The Morgan fingerprint density at radius 2 is 1.33 bits per heavy atom. The minimum Gasteiger partial charge on any atom is -0.478 e. The lowest BCUT2D eigenvalue weighted by atomic mass is 9.71. The topological polar surface area (TPSA) is 41.8 Å². The molecule has 1 N–H and O–H groups in total. The average molecular weight is 392 g/mol. The van der Waals surface area contributed by atoms with Gasteiger partial charge in [0.15, 0.2) is 5.90 Å². The van der Waals surface area contributed by atoms with Crippen LogP contribution in [0.25, 0.3) is 0 Å². The third kappa shape index (κ3) is 3.33. The third-order valence-corrected chi connectivity index (χ3v) is 5.65. The van der Waals surface area contributed by atoms with Crippen molar-refractivity contribution in [2.24, 2.45) is 4.99 Å². The lowest BCUT2D eigenvalue weighted by molar-refractivity contribution is 0.102. The Hall–Kier alpha value is -2.91. The van der Waals surface area contributed by atoms with E-state index in [0.717, 1.165) is 28.5 Å². The normalized spacial score (nSPS) is 20.2. The number of benzene rings is 3. The first kappa shape index (κ1) is 19.1. The maximum Gasteiger partial charge on any atom is 0.192 e. The maximum atomic E-state index is 12.1. The van der Waals surface area contributed by atoms with E-state index in [1.54, 1.807) is 0 Å². The van der Waals surface area contributed by atoms with Crippen LogP contribution in [0.5, 0.6) is 0 Å². The van der Waals surface area contributed by atoms with Crippen LogP contribution < -0.4 is 0 Å². The summed E-state index contributed by atoms with van der Waals surface area (Å²) in [6.07, 6.45) is 5.87. The number of hydrogen-bond donors (Lipinski definition) is 1. The average Bonchev–Trinajstić information content (AvgIpc) is 3.50. The van der Waals surface area contributed by atoms with Gasteiger partial charge in [0.1, 0.15) is 18.2 Å². The van der Waals surface area contributed by atoms with E-state index in [-0.39, 0.29) is 6.04 Å². The fourth-order valence-electron chi connectivity index (χ4n) is 4.13. The number of aliphatic imine (C=N–C) groups is 1. The lowest BCUT2D eigenvalue weighted by Crippen LogP contribution is -2.38. The number of aliphatic hydroxyl groups is 1. The standard InChI is InChI=1S/C27H22NO2/c29-27(21-13-6-2-7-14-21,22-15-8-3-9-16-22)24-18-10-17-23(24)26-28-25(19-30-26)20-11-4-1-5-12-20/h1-18,25,29H,19H2/t25-/m1/s1. The first-order valence-electron chi connectivity index (χ1n) is 10.1. The smallest absolute Gasteiger partial charge is 0.192 e. The minimum atomic E-state index is -1.31. The predicted molar refractivity (Wildman–Crippen MR) is 118 cm³/mol. The lowest BCUT2D eigenvalue weighted by Gasteiger charge is -2.37. The Kier molecular flexibility index (Phi) is 5.14. The summed E-state index contributed by atoms with van der Waals surface area (Å²) >= 11 is 0. The molecule has 3 nitrogen and oxygen atoms in total. The third-order valence-electron chi connectivity index (χ3n) is 5.65. The van der Waals surface area contributed by atoms with E-state index >= 15 is 0 Å². The first-order chi connectivity index (χ1) is 14.8. The molecule has 3 aromatic rings. The summed E-state index contributed by atoms with van der Waals surface area (Å²) in [5, 5.41) is 12.1. The van der Waals surface area contributed by atoms with Crippen molar-refractivity contribution >= 4 is 5.90 Å². The van der Waals surface area contributed by atoms with Crippen molar-refractivity contribution in [2.75, 3.05) is 6.61 Å². The van der Waals surface area contributed by atoms with Gasteiger partial charge >= 0.3 is 0 Å².